The molecule has 2 aliphatic heterocycles. The molecule has 2 atom stereocenters. The van der Waals surface area contributed by atoms with Gasteiger partial charge in [-0.3, -0.25) is 4.90 Å². The van der Waals surface area contributed by atoms with Gasteiger partial charge in [0.1, 0.15) is 11.5 Å². The number of aromatic hydroxyl groups is 1. The summed E-state index contributed by atoms with van der Waals surface area (Å²) in [4.78, 5) is 15.6. The number of hydrogen-bond acceptors (Lipinski definition) is 9. The topological polar surface area (TPSA) is 117 Å². The second-order valence-corrected chi connectivity index (χ2v) is 7.98. The van der Waals surface area contributed by atoms with Crippen molar-refractivity contribution in [3.8, 4) is 22.8 Å². The first kappa shape index (κ1) is 19.1. The molecule has 3 aromatic rings. The van der Waals surface area contributed by atoms with Crippen molar-refractivity contribution in [3.63, 3.8) is 0 Å². The zero-order valence-electron chi connectivity index (χ0n) is 17.1. The summed E-state index contributed by atoms with van der Waals surface area (Å²) in [5.74, 6) is 0.917. The first-order valence-electron chi connectivity index (χ1n) is 10.3. The van der Waals surface area contributed by atoms with Crippen LogP contribution in [0.4, 0.5) is 6.01 Å². The number of aryl methyl sites for hydroxylation is 1. The van der Waals surface area contributed by atoms with E-state index in [1.807, 2.05) is 13.0 Å². The van der Waals surface area contributed by atoms with Gasteiger partial charge in [-0.25, -0.2) is 9.97 Å². The Morgan fingerprint density at radius 3 is 3.00 bits per heavy atom. The minimum atomic E-state index is -0.377. The lowest BCUT2D eigenvalue weighted by Gasteiger charge is -2.34. The van der Waals surface area contributed by atoms with Gasteiger partial charge in [0.15, 0.2) is 0 Å². The fourth-order valence-corrected chi connectivity index (χ4v) is 4.37. The fraction of sp³-hybridized carbons (Fsp3) is 0.476. The summed E-state index contributed by atoms with van der Waals surface area (Å²) in [5.41, 5.74) is 3.54. The fourth-order valence-electron chi connectivity index (χ4n) is 4.37. The maximum atomic E-state index is 10.8. The number of phenolic OH excluding ortho intramolecular Hbond substituents is 1. The van der Waals surface area contributed by atoms with E-state index in [9.17, 15) is 10.2 Å². The molecule has 1 aromatic carbocycles. The van der Waals surface area contributed by atoms with Crippen LogP contribution in [0.1, 0.15) is 24.5 Å². The molecule has 9 heteroatoms. The number of fused-ring (bicyclic) bond motifs is 2. The van der Waals surface area contributed by atoms with Gasteiger partial charge in [0.2, 0.25) is 5.65 Å². The minimum Gasteiger partial charge on any atom is -0.507 e. The summed E-state index contributed by atoms with van der Waals surface area (Å²) in [5, 5.41) is 24.1. The molecule has 0 unspecified atom stereocenters. The number of phenols is 1. The molecule has 1 fully saturated rings. The van der Waals surface area contributed by atoms with Crippen molar-refractivity contribution >= 4 is 17.4 Å². The Hall–Kier alpha value is -2.91. The van der Waals surface area contributed by atoms with E-state index in [4.69, 9.17) is 9.15 Å². The van der Waals surface area contributed by atoms with Gasteiger partial charge in [-0.1, -0.05) is 6.92 Å². The van der Waals surface area contributed by atoms with E-state index in [-0.39, 0.29) is 17.9 Å². The minimum absolute atomic E-state index is 0.0317. The molecular weight excluding hydrogens is 386 g/mol. The van der Waals surface area contributed by atoms with Crippen LogP contribution in [0.15, 0.2) is 16.7 Å². The number of nitrogens with one attached hydrogen (secondary N) is 1. The van der Waals surface area contributed by atoms with Crippen LogP contribution in [-0.2, 0) is 6.42 Å². The largest absolute Gasteiger partial charge is 0.507 e. The number of anilines is 1. The zero-order chi connectivity index (χ0) is 20.8. The smallest absolute Gasteiger partial charge is 0.298 e. The first-order valence-corrected chi connectivity index (χ1v) is 10.3. The third-order valence-corrected chi connectivity index (χ3v) is 5.83. The van der Waals surface area contributed by atoms with E-state index in [1.165, 1.54) is 0 Å². The Labute approximate surface area is 173 Å². The Morgan fingerprint density at radius 2 is 2.17 bits per heavy atom. The van der Waals surface area contributed by atoms with Gasteiger partial charge in [0, 0.05) is 36.7 Å². The van der Waals surface area contributed by atoms with E-state index in [1.54, 1.807) is 6.20 Å². The molecule has 0 saturated carbocycles. The predicted octanol–water partition coefficient (Wildman–Crippen LogP) is 2.10. The second-order valence-electron chi connectivity index (χ2n) is 7.98. The number of β-amino-alcohol motifs (C(OH)–C–C–N with tert-alkyl or cyclic N) is 1. The van der Waals surface area contributed by atoms with Gasteiger partial charge in [-0.2, -0.15) is 4.98 Å². The highest BCUT2D eigenvalue weighted by Crippen LogP contribution is 2.42. The Kier molecular flexibility index (Phi) is 4.71. The number of aliphatic hydroxyl groups is 1. The molecule has 158 valence electrons. The number of nitrogens with zero attached hydrogens (tertiary/aromatic N) is 4. The third-order valence-electron chi connectivity index (χ3n) is 5.83. The molecule has 0 amide bonds. The van der Waals surface area contributed by atoms with Crippen molar-refractivity contribution < 1.29 is 19.4 Å². The van der Waals surface area contributed by atoms with Crippen molar-refractivity contribution in [2.45, 2.75) is 38.8 Å². The van der Waals surface area contributed by atoms with Crippen LogP contribution in [0.3, 0.4) is 0 Å². The van der Waals surface area contributed by atoms with Crippen LogP contribution < -0.4 is 10.1 Å². The maximum Gasteiger partial charge on any atom is 0.298 e. The monoisotopic (exact) mass is 411 g/mol. The third kappa shape index (κ3) is 3.33. The number of benzene rings is 1. The van der Waals surface area contributed by atoms with Crippen molar-refractivity contribution in [1.82, 2.24) is 19.9 Å². The molecule has 2 aliphatic rings. The molecular formula is C21H25N5O4. The number of oxazole rings is 1. The summed E-state index contributed by atoms with van der Waals surface area (Å²) >= 11 is 0. The van der Waals surface area contributed by atoms with Gasteiger partial charge in [-0.15, -0.1) is 0 Å². The van der Waals surface area contributed by atoms with Crippen molar-refractivity contribution in [2.24, 2.45) is 0 Å². The number of aromatic nitrogens is 3. The van der Waals surface area contributed by atoms with E-state index in [0.717, 1.165) is 30.0 Å². The number of likely N-dealkylation sites (tertiary alicyclic amines) is 1. The lowest BCUT2D eigenvalue weighted by molar-refractivity contribution is 0.0667. The summed E-state index contributed by atoms with van der Waals surface area (Å²) in [6.45, 7) is 6.93. The Morgan fingerprint density at radius 1 is 1.30 bits per heavy atom. The van der Waals surface area contributed by atoms with E-state index in [0.29, 0.717) is 54.6 Å². The quantitative estimate of drug-likeness (QED) is 0.593. The molecule has 4 heterocycles. The molecule has 0 spiro atoms. The lowest BCUT2D eigenvalue weighted by Crippen LogP contribution is -2.48. The summed E-state index contributed by atoms with van der Waals surface area (Å²) in [6, 6.07) is 2.29. The highest BCUT2D eigenvalue weighted by Gasteiger charge is 2.27. The SMILES string of the molecule is CCN1C[C@@H](O)C[C@@H](Nc2nc3nc(-c4c(C)cc5c(c4O)CCO5)cnc3o2)C1. The summed E-state index contributed by atoms with van der Waals surface area (Å²) in [6.07, 6.45) is 2.51. The molecule has 0 radical (unpaired) electrons. The standard InChI is InChI=1S/C21H25N5O4/c1-3-26-9-12(7-13(27)10-26)23-21-25-19-20(30-21)22-8-15(24-19)17-11(2)6-16-14(18(17)28)4-5-29-16/h6,8,12-13,27-28H,3-5,7,9-10H2,1-2H3,(H,23,24,25)/t12-,13+/m1/s1. The van der Waals surface area contributed by atoms with E-state index >= 15 is 0 Å². The van der Waals surface area contributed by atoms with E-state index < -0.39 is 0 Å². The normalized spacial score (nSPS) is 21.6. The molecule has 2 aromatic heterocycles. The van der Waals surface area contributed by atoms with Gasteiger partial charge in [0.25, 0.3) is 11.7 Å². The molecule has 5 rings (SSSR count). The average Bonchev–Trinajstić information content (AvgIpc) is 3.33. The van der Waals surface area contributed by atoms with Gasteiger partial charge >= 0.3 is 0 Å². The molecule has 1 saturated heterocycles. The number of hydrogen-bond donors (Lipinski definition) is 3. The molecule has 0 bridgehead atoms. The number of rotatable bonds is 4. The number of aliphatic hydroxyl groups excluding tert-OH is 1. The zero-order valence-corrected chi connectivity index (χ0v) is 17.1. The molecule has 9 nitrogen and oxygen atoms in total. The Balaban J connectivity index is 1.44. The van der Waals surface area contributed by atoms with Crippen LogP contribution in [0.25, 0.3) is 22.6 Å². The maximum absolute atomic E-state index is 10.8. The number of piperidine rings is 1. The van der Waals surface area contributed by atoms with Crippen LogP contribution in [0.5, 0.6) is 11.5 Å². The van der Waals surface area contributed by atoms with Crippen LogP contribution in [0, 0.1) is 6.92 Å². The van der Waals surface area contributed by atoms with Crippen molar-refractivity contribution in [1.29, 1.82) is 0 Å². The molecule has 0 aliphatic carbocycles. The van der Waals surface area contributed by atoms with Crippen LogP contribution in [-0.4, -0.2) is 68.5 Å². The predicted molar refractivity (Wildman–Crippen MR) is 111 cm³/mol. The lowest BCUT2D eigenvalue weighted by atomic mass is 9.99. The summed E-state index contributed by atoms with van der Waals surface area (Å²) in [7, 11) is 0. The van der Waals surface area contributed by atoms with Crippen LogP contribution in [0.2, 0.25) is 0 Å². The van der Waals surface area contributed by atoms with Crippen molar-refractivity contribution in [2.75, 3.05) is 31.6 Å². The van der Waals surface area contributed by atoms with Gasteiger partial charge < -0.3 is 24.7 Å². The highest BCUT2D eigenvalue weighted by molar-refractivity contribution is 5.78. The first-order chi connectivity index (χ1) is 14.5. The highest BCUT2D eigenvalue weighted by atomic mass is 16.5. The molecule has 3 N–H and O–H groups in total. The summed E-state index contributed by atoms with van der Waals surface area (Å²) < 4.78 is 11.3. The average molecular weight is 411 g/mol. The van der Waals surface area contributed by atoms with Gasteiger partial charge in [0.05, 0.1) is 24.6 Å². The second kappa shape index (κ2) is 7.41. The van der Waals surface area contributed by atoms with Gasteiger partial charge in [-0.05, 0) is 31.5 Å². The Bertz CT molecular complexity index is 1100. The number of ether oxygens (including phenoxy) is 1. The number of likely N-dealkylation sites (N-methyl/N-ethyl adjacent to an activating group) is 1. The molecule has 30 heavy (non-hydrogen) atoms. The van der Waals surface area contributed by atoms with E-state index in [2.05, 4.69) is 32.1 Å². The van der Waals surface area contributed by atoms with Crippen LogP contribution >= 0.6 is 0 Å². The van der Waals surface area contributed by atoms with Crippen molar-refractivity contribution in [3.05, 3.63) is 23.4 Å².